The van der Waals surface area contributed by atoms with Crippen molar-refractivity contribution >= 4 is 11.6 Å². The molecule has 0 spiro atoms. The van der Waals surface area contributed by atoms with Gasteiger partial charge in [-0.3, -0.25) is 4.79 Å². The average molecular weight is 283 g/mol. The molecule has 2 aromatic carbocycles. The average Bonchev–Trinajstić information content (AvgIpc) is 2.41. The number of hydrogen-bond acceptors (Lipinski definition) is 2. The van der Waals surface area contributed by atoms with Crippen molar-refractivity contribution in [3.05, 3.63) is 59.7 Å². The second-order valence-electron chi connectivity index (χ2n) is 5.40. The van der Waals surface area contributed by atoms with Crippen molar-refractivity contribution in [2.75, 3.05) is 5.32 Å². The summed E-state index contributed by atoms with van der Waals surface area (Å²) in [6.45, 7) is 5.98. The summed E-state index contributed by atoms with van der Waals surface area (Å²) >= 11 is 0. The third-order valence-corrected chi connectivity index (χ3v) is 2.97. The number of ether oxygens (including phenoxy) is 1. The van der Waals surface area contributed by atoms with Gasteiger partial charge in [0, 0.05) is 11.8 Å². The molecule has 0 aliphatic rings. The first-order valence-corrected chi connectivity index (χ1v) is 7.15. The van der Waals surface area contributed by atoms with Gasteiger partial charge in [0.2, 0.25) is 5.91 Å². The lowest BCUT2D eigenvalue weighted by molar-refractivity contribution is -0.115. The normalized spacial score (nSPS) is 10.5. The van der Waals surface area contributed by atoms with Gasteiger partial charge in [0.1, 0.15) is 5.75 Å². The maximum absolute atomic E-state index is 12.0. The monoisotopic (exact) mass is 283 g/mol. The first-order chi connectivity index (χ1) is 10.0. The van der Waals surface area contributed by atoms with Crippen LogP contribution in [0.3, 0.4) is 0 Å². The highest BCUT2D eigenvalue weighted by Crippen LogP contribution is 2.18. The molecule has 0 bridgehead atoms. The quantitative estimate of drug-likeness (QED) is 0.902. The molecule has 1 amide bonds. The Morgan fingerprint density at radius 1 is 1.14 bits per heavy atom. The van der Waals surface area contributed by atoms with E-state index in [1.165, 1.54) is 5.56 Å². The number of aryl methyl sites for hydroxylation is 1. The molecule has 0 unspecified atom stereocenters. The molecule has 3 heteroatoms. The summed E-state index contributed by atoms with van der Waals surface area (Å²) in [4.78, 5) is 12.0. The zero-order valence-electron chi connectivity index (χ0n) is 12.7. The molecule has 3 nitrogen and oxygen atoms in total. The molecule has 0 saturated carbocycles. The number of anilines is 1. The van der Waals surface area contributed by atoms with E-state index in [0.717, 1.165) is 17.0 Å². The van der Waals surface area contributed by atoms with Crippen LogP contribution in [0, 0.1) is 6.92 Å². The minimum absolute atomic E-state index is 0.0273. The number of hydrogen-bond donors (Lipinski definition) is 1. The number of carbonyl (C=O) groups excluding carboxylic acids is 1. The van der Waals surface area contributed by atoms with Crippen LogP contribution in [0.2, 0.25) is 0 Å². The second-order valence-corrected chi connectivity index (χ2v) is 5.40. The van der Waals surface area contributed by atoms with E-state index >= 15 is 0 Å². The first-order valence-electron chi connectivity index (χ1n) is 7.15. The van der Waals surface area contributed by atoms with E-state index in [-0.39, 0.29) is 12.0 Å². The molecule has 0 heterocycles. The molecule has 0 aromatic heterocycles. The number of carbonyl (C=O) groups is 1. The third kappa shape index (κ3) is 4.95. The van der Waals surface area contributed by atoms with E-state index < -0.39 is 0 Å². The summed E-state index contributed by atoms with van der Waals surface area (Å²) in [5.41, 5.74) is 2.95. The van der Waals surface area contributed by atoms with Gasteiger partial charge in [-0.05, 0) is 38.5 Å². The molecular weight excluding hydrogens is 262 g/mol. The predicted molar refractivity (Wildman–Crippen MR) is 85.7 cm³/mol. The van der Waals surface area contributed by atoms with Crippen LogP contribution in [0.1, 0.15) is 25.0 Å². The van der Waals surface area contributed by atoms with E-state index in [9.17, 15) is 4.79 Å². The van der Waals surface area contributed by atoms with Crippen LogP contribution >= 0.6 is 0 Å². The predicted octanol–water partition coefficient (Wildman–Crippen LogP) is 3.96. The standard InChI is InChI=1S/C18H21NO2/c1-13(2)21-17-6-4-5-16(12-17)19-18(20)11-15-9-7-14(3)8-10-15/h4-10,12-13H,11H2,1-3H3,(H,19,20). The number of nitrogens with one attached hydrogen (secondary N) is 1. The van der Waals surface area contributed by atoms with Crippen LogP contribution in [-0.4, -0.2) is 12.0 Å². The van der Waals surface area contributed by atoms with Gasteiger partial charge in [-0.15, -0.1) is 0 Å². The van der Waals surface area contributed by atoms with Crippen molar-refractivity contribution in [2.24, 2.45) is 0 Å². The molecule has 0 aliphatic carbocycles. The van der Waals surface area contributed by atoms with Gasteiger partial charge in [-0.25, -0.2) is 0 Å². The lowest BCUT2D eigenvalue weighted by Gasteiger charge is -2.11. The molecule has 2 rings (SSSR count). The molecule has 0 atom stereocenters. The Labute approximate surface area is 126 Å². The molecule has 0 saturated heterocycles. The number of amides is 1. The minimum Gasteiger partial charge on any atom is -0.491 e. The summed E-state index contributed by atoms with van der Waals surface area (Å²) < 4.78 is 5.62. The largest absolute Gasteiger partial charge is 0.491 e. The van der Waals surface area contributed by atoms with Gasteiger partial charge in [0.05, 0.1) is 12.5 Å². The Morgan fingerprint density at radius 3 is 2.52 bits per heavy atom. The minimum atomic E-state index is -0.0273. The molecule has 1 N–H and O–H groups in total. The Kier molecular flexibility index (Phi) is 4.99. The topological polar surface area (TPSA) is 38.3 Å². The molecule has 0 radical (unpaired) electrons. The zero-order chi connectivity index (χ0) is 15.2. The van der Waals surface area contributed by atoms with Gasteiger partial charge in [-0.1, -0.05) is 35.9 Å². The highest BCUT2D eigenvalue weighted by atomic mass is 16.5. The van der Waals surface area contributed by atoms with Crippen LogP contribution in [0.4, 0.5) is 5.69 Å². The van der Waals surface area contributed by atoms with Crippen molar-refractivity contribution < 1.29 is 9.53 Å². The second kappa shape index (κ2) is 6.93. The van der Waals surface area contributed by atoms with E-state index in [1.54, 1.807) is 0 Å². The Morgan fingerprint density at radius 2 is 1.86 bits per heavy atom. The smallest absolute Gasteiger partial charge is 0.228 e. The molecule has 0 fully saturated rings. The van der Waals surface area contributed by atoms with Crippen molar-refractivity contribution in [2.45, 2.75) is 33.3 Å². The van der Waals surface area contributed by atoms with Gasteiger partial charge >= 0.3 is 0 Å². The summed E-state index contributed by atoms with van der Waals surface area (Å²) in [6.07, 6.45) is 0.485. The fraction of sp³-hybridized carbons (Fsp3) is 0.278. The highest BCUT2D eigenvalue weighted by Gasteiger charge is 2.05. The summed E-state index contributed by atoms with van der Waals surface area (Å²) in [6, 6.07) is 15.4. The maximum Gasteiger partial charge on any atom is 0.228 e. The van der Waals surface area contributed by atoms with Crippen LogP contribution < -0.4 is 10.1 Å². The van der Waals surface area contributed by atoms with Crippen LogP contribution in [-0.2, 0) is 11.2 Å². The summed E-state index contributed by atoms with van der Waals surface area (Å²) in [7, 11) is 0. The van der Waals surface area contributed by atoms with Crippen molar-refractivity contribution in [3.63, 3.8) is 0 Å². The molecule has 110 valence electrons. The summed E-state index contributed by atoms with van der Waals surface area (Å²) in [5, 5.41) is 2.90. The SMILES string of the molecule is Cc1ccc(CC(=O)Nc2cccc(OC(C)C)c2)cc1. The van der Waals surface area contributed by atoms with E-state index in [1.807, 2.05) is 69.3 Å². The third-order valence-electron chi connectivity index (χ3n) is 2.97. The molecule has 0 aliphatic heterocycles. The lowest BCUT2D eigenvalue weighted by atomic mass is 10.1. The lowest BCUT2D eigenvalue weighted by Crippen LogP contribution is -2.14. The van der Waals surface area contributed by atoms with Gasteiger partial charge in [0.25, 0.3) is 0 Å². The van der Waals surface area contributed by atoms with Crippen LogP contribution in [0.15, 0.2) is 48.5 Å². The summed E-state index contributed by atoms with van der Waals surface area (Å²) in [5.74, 6) is 0.735. The van der Waals surface area contributed by atoms with Gasteiger partial charge in [0.15, 0.2) is 0 Å². The van der Waals surface area contributed by atoms with Crippen LogP contribution in [0.5, 0.6) is 5.75 Å². The fourth-order valence-electron chi connectivity index (χ4n) is 2.02. The fourth-order valence-corrected chi connectivity index (χ4v) is 2.02. The van der Waals surface area contributed by atoms with Crippen molar-refractivity contribution in [1.82, 2.24) is 0 Å². The van der Waals surface area contributed by atoms with E-state index in [4.69, 9.17) is 4.74 Å². The highest BCUT2D eigenvalue weighted by molar-refractivity contribution is 5.92. The van der Waals surface area contributed by atoms with Crippen molar-refractivity contribution in [3.8, 4) is 5.75 Å². The zero-order valence-corrected chi connectivity index (χ0v) is 12.7. The molecule has 21 heavy (non-hydrogen) atoms. The van der Waals surface area contributed by atoms with E-state index in [0.29, 0.717) is 6.42 Å². The van der Waals surface area contributed by atoms with E-state index in [2.05, 4.69) is 5.32 Å². The molecular formula is C18H21NO2. The van der Waals surface area contributed by atoms with Crippen LogP contribution in [0.25, 0.3) is 0 Å². The number of benzene rings is 2. The van der Waals surface area contributed by atoms with Gasteiger partial charge < -0.3 is 10.1 Å². The maximum atomic E-state index is 12.0. The Bertz CT molecular complexity index is 603. The first kappa shape index (κ1) is 15.1. The Hall–Kier alpha value is -2.29. The number of rotatable bonds is 5. The van der Waals surface area contributed by atoms with Crippen molar-refractivity contribution in [1.29, 1.82) is 0 Å². The van der Waals surface area contributed by atoms with Gasteiger partial charge in [-0.2, -0.15) is 0 Å². The molecule has 2 aromatic rings. The Balaban J connectivity index is 1.97.